The number of anilines is 1. The minimum Gasteiger partial charge on any atom is -0.495 e. The number of hydrogen-bond donors (Lipinski definition) is 1. The zero-order valence-electron chi connectivity index (χ0n) is 17.9. The minimum atomic E-state index is -0.292. The van der Waals surface area contributed by atoms with Crippen molar-refractivity contribution >= 4 is 23.2 Å². The van der Waals surface area contributed by atoms with Crippen LogP contribution in [0.25, 0.3) is 11.4 Å². The number of benzene rings is 3. The molecule has 1 N–H and O–H groups in total. The third-order valence-electron chi connectivity index (χ3n) is 4.71. The standard InChI is InChI=1S/C25H20ClN3O4/c1-31-20-11-10-18(15-19(20)26)28-25(30)17-7-5-6-16(14-17)24-27-13-12-23(29-24)33-22-9-4-3-8-21(22)32-2/h3-15H,1-2H3,(H,28,30). The first-order valence-electron chi connectivity index (χ1n) is 9.96. The van der Waals surface area contributed by atoms with Crippen LogP contribution in [0.4, 0.5) is 5.69 Å². The number of nitrogens with zero attached hydrogens (tertiary/aromatic N) is 2. The van der Waals surface area contributed by atoms with Gasteiger partial charge in [0, 0.05) is 29.1 Å². The van der Waals surface area contributed by atoms with Crippen LogP contribution >= 0.6 is 11.6 Å². The molecule has 0 atom stereocenters. The smallest absolute Gasteiger partial charge is 0.255 e. The van der Waals surface area contributed by atoms with Crippen LogP contribution in [-0.2, 0) is 0 Å². The average Bonchev–Trinajstić information content (AvgIpc) is 2.85. The van der Waals surface area contributed by atoms with E-state index >= 15 is 0 Å². The molecular formula is C25H20ClN3O4. The molecule has 0 bridgehead atoms. The van der Waals surface area contributed by atoms with Gasteiger partial charge >= 0.3 is 0 Å². The van der Waals surface area contributed by atoms with Gasteiger partial charge in [0.15, 0.2) is 17.3 Å². The first-order valence-corrected chi connectivity index (χ1v) is 10.3. The van der Waals surface area contributed by atoms with Crippen LogP contribution in [0, 0.1) is 0 Å². The number of rotatable bonds is 7. The lowest BCUT2D eigenvalue weighted by Crippen LogP contribution is -2.12. The van der Waals surface area contributed by atoms with Crippen molar-refractivity contribution in [3.05, 3.63) is 89.6 Å². The maximum Gasteiger partial charge on any atom is 0.255 e. The first kappa shape index (κ1) is 22.1. The van der Waals surface area contributed by atoms with Gasteiger partial charge in [-0.1, -0.05) is 35.9 Å². The zero-order chi connectivity index (χ0) is 23.2. The Morgan fingerprint density at radius 2 is 1.67 bits per heavy atom. The topological polar surface area (TPSA) is 82.6 Å². The van der Waals surface area contributed by atoms with Crippen molar-refractivity contribution in [3.8, 4) is 34.5 Å². The van der Waals surface area contributed by atoms with Gasteiger partial charge in [-0.15, -0.1) is 0 Å². The fourth-order valence-corrected chi connectivity index (χ4v) is 3.36. The Labute approximate surface area is 195 Å². The summed E-state index contributed by atoms with van der Waals surface area (Å²) >= 11 is 6.14. The molecule has 0 saturated carbocycles. The lowest BCUT2D eigenvalue weighted by atomic mass is 10.1. The van der Waals surface area contributed by atoms with Crippen molar-refractivity contribution in [2.24, 2.45) is 0 Å². The lowest BCUT2D eigenvalue weighted by Gasteiger charge is -2.10. The molecule has 1 amide bonds. The molecule has 3 aromatic carbocycles. The summed E-state index contributed by atoms with van der Waals surface area (Å²) in [5.74, 6) is 2.14. The predicted molar refractivity (Wildman–Crippen MR) is 126 cm³/mol. The van der Waals surface area contributed by atoms with Crippen LogP contribution in [0.15, 0.2) is 79.0 Å². The minimum absolute atomic E-state index is 0.292. The Morgan fingerprint density at radius 3 is 2.42 bits per heavy atom. The Morgan fingerprint density at radius 1 is 0.879 bits per heavy atom. The van der Waals surface area contributed by atoms with Crippen molar-refractivity contribution in [1.82, 2.24) is 9.97 Å². The Hall–Kier alpha value is -4.10. The van der Waals surface area contributed by atoms with Crippen molar-refractivity contribution in [2.75, 3.05) is 19.5 Å². The third-order valence-corrected chi connectivity index (χ3v) is 5.00. The van der Waals surface area contributed by atoms with Gasteiger partial charge in [-0.05, 0) is 42.5 Å². The van der Waals surface area contributed by atoms with E-state index < -0.39 is 0 Å². The van der Waals surface area contributed by atoms with E-state index in [4.69, 9.17) is 25.8 Å². The maximum atomic E-state index is 12.8. The van der Waals surface area contributed by atoms with Gasteiger partial charge in [0.05, 0.1) is 19.2 Å². The van der Waals surface area contributed by atoms with Gasteiger partial charge in [0.2, 0.25) is 5.88 Å². The van der Waals surface area contributed by atoms with Gasteiger partial charge in [0.1, 0.15) is 5.75 Å². The highest BCUT2D eigenvalue weighted by Gasteiger charge is 2.12. The Bertz CT molecular complexity index is 1300. The van der Waals surface area contributed by atoms with Gasteiger partial charge in [-0.25, -0.2) is 4.98 Å². The summed E-state index contributed by atoms with van der Waals surface area (Å²) in [5, 5.41) is 3.23. The molecule has 4 rings (SSSR count). The monoisotopic (exact) mass is 461 g/mol. The van der Waals surface area contributed by atoms with Gasteiger partial charge in [-0.3, -0.25) is 4.79 Å². The summed E-state index contributed by atoms with van der Waals surface area (Å²) in [6, 6.07) is 21.0. The number of aromatic nitrogens is 2. The third kappa shape index (κ3) is 5.22. The van der Waals surface area contributed by atoms with E-state index in [-0.39, 0.29) is 5.91 Å². The van der Waals surface area contributed by atoms with Crippen molar-refractivity contribution in [3.63, 3.8) is 0 Å². The number of carbonyl (C=O) groups excluding carboxylic acids is 1. The molecule has 0 aliphatic rings. The van der Waals surface area contributed by atoms with Gasteiger partial charge in [0.25, 0.3) is 5.91 Å². The molecule has 1 heterocycles. The highest BCUT2D eigenvalue weighted by atomic mass is 35.5. The second kappa shape index (κ2) is 10.0. The van der Waals surface area contributed by atoms with E-state index in [1.807, 2.05) is 18.2 Å². The molecule has 0 fully saturated rings. The fraction of sp³-hybridized carbons (Fsp3) is 0.0800. The van der Waals surface area contributed by atoms with Crippen LogP contribution in [0.5, 0.6) is 23.1 Å². The number of amides is 1. The van der Waals surface area contributed by atoms with Gasteiger partial charge in [-0.2, -0.15) is 4.98 Å². The SMILES string of the molecule is COc1ccc(NC(=O)c2cccc(-c3nccc(Oc4ccccc4OC)n3)c2)cc1Cl. The highest BCUT2D eigenvalue weighted by Crippen LogP contribution is 2.31. The van der Waals surface area contributed by atoms with Crippen LogP contribution < -0.4 is 19.5 Å². The second-order valence-electron chi connectivity index (χ2n) is 6.86. The lowest BCUT2D eigenvalue weighted by molar-refractivity contribution is 0.102. The normalized spacial score (nSPS) is 10.4. The molecule has 0 aliphatic heterocycles. The molecule has 8 heteroatoms. The molecular weight excluding hydrogens is 442 g/mol. The number of para-hydroxylation sites is 2. The Balaban J connectivity index is 1.54. The predicted octanol–water partition coefficient (Wildman–Crippen LogP) is 5.86. The number of ether oxygens (including phenoxy) is 3. The zero-order valence-corrected chi connectivity index (χ0v) is 18.7. The van der Waals surface area contributed by atoms with Crippen LogP contribution in [0.3, 0.4) is 0 Å². The maximum absolute atomic E-state index is 12.8. The number of halogens is 1. The molecule has 0 unspecified atom stereocenters. The van der Waals surface area contributed by atoms with E-state index in [0.29, 0.717) is 50.8 Å². The molecule has 0 spiro atoms. The summed E-state index contributed by atoms with van der Waals surface area (Å²) in [6.07, 6.45) is 1.60. The van der Waals surface area contributed by atoms with Crippen LogP contribution in [-0.4, -0.2) is 30.1 Å². The second-order valence-corrected chi connectivity index (χ2v) is 7.26. The summed E-state index contributed by atoms with van der Waals surface area (Å²) in [7, 11) is 3.10. The highest BCUT2D eigenvalue weighted by molar-refractivity contribution is 6.32. The van der Waals surface area contributed by atoms with E-state index in [1.165, 1.54) is 7.11 Å². The quantitative estimate of drug-likeness (QED) is 0.371. The molecule has 166 valence electrons. The fourth-order valence-electron chi connectivity index (χ4n) is 3.10. The molecule has 4 aromatic rings. The summed E-state index contributed by atoms with van der Waals surface area (Å²) in [5.41, 5.74) is 1.67. The van der Waals surface area contributed by atoms with E-state index in [0.717, 1.165) is 0 Å². The van der Waals surface area contributed by atoms with Crippen molar-refractivity contribution < 1.29 is 19.0 Å². The molecule has 0 saturated heterocycles. The molecule has 1 aromatic heterocycles. The van der Waals surface area contributed by atoms with Crippen LogP contribution in [0.1, 0.15) is 10.4 Å². The summed E-state index contributed by atoms with van der Waals surface area (Å²) in [6.45, 7) is 0. The van der Waals surface area contributed by atoms with Gasteiger partial charge < -0.3 is 19.5 Å². The molecule has 7 nitrogen and oxygen atoms in total. The van der Waals surface area contributed by atoms with E-state index in [2.05, 4.69) is 15.3 Å². The number of carbonyl (C=O) groups is 1. The number of methoxy groups -OCH3 is 2. The largest absolute Gasteiger partial charge is 0.495 e. The summed E-state index contributed by atoms with van der Waals surface area (Å²) in [4.78, 5) is 21.6. The average molecular weight is 462 g/mol. The first-order chi connectivity index (χ1) is 16.1. The molecule has 0 radical (unpaired) electrons. The molecule has 0 aliphatic carbocycles. The van der Waals surface area contributed by atoms with E-state index in [1.54, 1.807) is 67.9 Å². The summed E-state index contributed by atoms with van der Waals surface area (Å²) < 4.78 is 16.3. The molecule has 33 heavy (non-hydrogen) atoms. The number of nitrogens with one attached hydrogen (secondary N) is 1. The van der Waals surface area contributed by atoms with Crippen molar-refractivity contribution in [1.29, 1.82) is 0 Å². The van der Waals surface area contributed by atoms with Crippen LogP contribution in [0.2, 0.25) is 5.02 Å². The Kier molecular flexibility index (Phi) is 6.71. The number of hydrogen-bond acceptors (Lipinski definition) is 6. The van der Waals surface area contributed by atoms with Crippen molar-refractivity contribution in [2.45, 2.75) is 0 Å². The van der Waals surface area contributed by atoms with E-state index in [9.17, 15) is 4.79 Å².